The number of ether oxygens (including phenoxy) is 1. The average Bonchev–Trinajstić information content (AvgIpc) is 2.44. The molecule has 0 bridgehead atoms. The van der Waals surface area contributed by atoms with Crippen molar-refractivity contribution < 1.29 is 4.74 Å². The summed E-state index contributed by atoms with van der Waals surface area (Å²) in [6, 6.07) is 1.81. The van der Waals surface area contributed by atoms with Gasteiger partial charge in [0.2, 0.25) is 0 Å². The van der Waals surface area contributed by atoms with Crippen LogP contribution in [0.3, 0.4) is 0 Å². The Bertz CT molecular complexity index is 408. The number of nitrogens with zero attached hydrogens (tertiary/aromatic N) is 2. The molecule has 0 saturated heterocycles. The molecule has 0 radical (unpaired) electrons. The number of rotatable bonds is 1. The van der Waals surface area contributed by atoms with Gasteiger partial charge in [-0.05, 0) is 6.92 Å². The van der Waals surface area contributed by atoms with Crippen LogP contribution in [0.15, 0.2) is 12.3 Å². The third-order valence-electron chi connectivity index (χ3n) is 1.69. The number of aryl methyl sites for hydroxylation is 1. The second-order valence-corrected chi connectivity index (χ2v) is 2.53. The molecule has 0 aliphatic rings. The lowest BCUT2D eigenvalue weighted by molar-refractivity contribution is 0.418. The van der Waals surface area contributed by atoms with Gasteiger partial charge in [0.1, 0.15) is 17.1 Å². The van der Waals surface area contributed by atoms with Gasteiger partial charge in [0.15, 0.2) is 5.65 Å². The SMILES string of the molecule is COc1ccnc2nc(C)[nH]c12. The summed E-state index contributed by atoms with van der Waals surface area (Å²) >= 11 is 0. The fourth-order valence-electron chi connectivity index (χ4n) is 1.17. The minimum Gasteiger partial charge on any atom is -0.494 e. The van der Waals surface area contributed by atoms with Crippen LogP contribution in [0.5, 0.6) is 5.75 Å². The highest BCUT2D eigenvalue weighted by Gasteiger charge is 2.04. The fourth-order valence-corrected chi connectivity index (χ4v) is 1.17. The predicted molar refractivity (Wildman–Crippen MR) is 45.2 cm³/mol. The standard InChI is InChI=1S/C8H9N3O/c1-5-10-7-6(12-2)3-4-9-8(7)11-5/h3-4H,1-2H3,(H,9,10,11). The van der Waals surface area contributed by atoms with Crippen LogP contribution in [0.2, 0.25) is 0 Å². The van der Waals surface area contributed by atoms with Gasteiger partial charge in [0.25, 0.3) is 0 Å². The third kappa shape index (κ3) is 0.922. The maximum absolute atomic E-state index is 5.13. The summed E-state index contributed by atoms with van der Waals surface area (Å²) in [5.74, 6) is 1.63. The first-order valence-corrected chi connectivity index (χ1v) is 3.66. The van der Waals surface area contributed by atoms with Gasteiger partial charge >= 0.3 is 0 Å². The third-order valence-corrected chi connectivity index (χ3v) is 1.69. The summed E-state index contributed by atoms with van der Waals surface area (Å²) in [5.41, 5.74) is 1.56. The topological polar surface area (TPSA) is 50.8 Å². The fraction of sp³-hybridized carbons (Fsp3) is 0.250. The molecule has 0 spiro atoms. The highest BCUT2D eigenvalue weighted by atomic mass is 16.5. The van der Waals surface area contributed by atoms with Gasteiger partial charge < -0.3 is 9.72 Å². The molecule has 0 saturated carbocycles. The van der Waals surface area contributed by atoms with Crippen molar-refractivity contribution >= 4 is 11.2 Å². The highest BCUT2D eigenvalue weighted by molar-refractivity contribution is 5.77. The van der Waals surface area contributed by atoms with E-state index < -0.39 is 0 Å². The van der Waals surface area contributed by atoms with E-state index in [4.69, 9.17) is 4.74 Å². The van der Waals surface area contributed by atoms with Crippen LogP contribution in [0.4, 0.5) is 0 Å². The second kappa shape index (κ2) is 2.48. The molecular weight excluding hydrogens is 154 g/mol. The van der Waals surface area contributed by atoms with E-state index in [-0.39, 0.29) is 0 Å². The molecule has 2 aromatic heterocycles. The van der Waals surface area contributed by atoms with Crippen molar-refractivity contribution in [3.05, 3.63) is 18.1 Å². The largest absolute Gasteiger partial charge is 0.494 e. The molecule has 62 valence electrons. The van der Waals surface area contributed by atoms with Crippen molar-refractivity contribution in [2.75, 3.05) is 7.11 Å². The maximum Gasteiger partial charge on any atom is 0.181 e. The quantitative estimate of drug-likeness (QED) is 0.688. The zero-order chi connectivity index (χ0) is 8.55. The van der Waals surface area contributed by atoms with Crippen LogP contribution in [0.1, 0.15) is 5.82 Å². The molecule has 2 heterocycles. The van der Waals surface area contributed by atoms with Crippen LogP contribution in [-0.4, -0.2) is 22.1 Å². The summed E-state index contributed by atoms with van der Waals surface area (Å²) < 4.78 is 5.13. The van der Waals surface area contributed by atoms with E-state index in [1.165, 1.54) is 0 Å². The van der Waals surface area contributed by atoms with Crippen molar-refractivity contribution in [3.63, 3.8) is 0 Å². The molecule has 12 heavy (non-hydrogen) atoms. The maximum atomic E-state index is 5.13. The van der Waals surface area contributed by atoms with Gasteiger partial charge in [-0.15, -0.1) is 0 Å². The van der Waals surface area contributed by atoms with E-state index in [1.54, 1.807) is 19.4 Å². The Balaban J connectivity index is 2.78. The summed E-state index contributed by atoms with van der Waals surface area (Å²) in [7, 11) is 1.63. The Labute approximate surface area is 69.6 Å². The number of pyridine rings is 1. The van der Waals surface area contributed by atoms with E-state index in [1.807, 2.05) is 6.92 Å². The normalized spacial score (nSPS) is 10.5. The van der Waals surface area contributed by atoms with E-state index >= 15 is 0 Å². The molecule has 4 heteroatoms. The lowest BCUT2D eigenvalue weighted by Crippen LogP contribution is -1.85. The molecule has 0 fully saturated rings. The van der Waals surface area contributed by atoms with Crippen LogP contribution in [-0.2, 0) is 0 Å². The first-order valence-electron chi connectivity index (χ1n) is 3.66. The number of aromatic amines is 1. The van der Waals surface area contributed by atoms with Crippen molar-refractivity contribution in [1.82, 2.24) is 15.0 Å². The number of aromatic nitrogens is 3. The Kier molecular flexibility index (Phi) is 1.46. The van der Waals surface area contributed by atoms with Crippen LogP contribution in [0, 0.1) is 6.92 Å². The van der Waals surface area contributed by atoms with E-state index in [2.05, 4.69) is 15.0 Å². The Hall–Kier alpha value is -1.58. The van der Waals surface area contributed by atoms with Crippen LogP contribution in [0.25, 0.3) is 11.2 Å². The zero-order valence-electron chi connectivity index (χ0n) is 6.96. The highest BCUT2D eigenvalue weighted by Crippen LogP contribution is 2.20. The molecule has 0 aliphatic heterocycles. The second-order valence-electron chi connectivity index (χ2n) is 2.53. The number of methoxy groups -OCH3 is 1. The Morgan fingerprint density at radius 2 is 2.33 bits per heavy atom. The van der Waals surface area contributed by atoms with Gasteiger partial charge in [-0.25, -0.2) is 9.97 Å². The molecular formula is C8H9N3O. The Morgan fingerprint density at radius 3 is 3.08 bits per heavy atom. The van der Waals surface area contributed by atoms with Gasteiger partial charge in [0.05, 0.1) is 7.11 Å². The van der Waals surface area contributed by atoms with Gasteiger partial charge in [0, 0.05) is 12.3 Å². The molecule has 0 atom stereocenters. The van der Waals surface area contributed by atoms with Crippen molar-refractivity contribution in [2.45, 2.75) is 6.92 Å². The summed E-state index contributed by atoms with van der Waals surface area (Å²) in [6.07, 6.45) is 1.68. The number of nitrogens with one attached hydrogen (secondary N) is 1. The minimum absolute atomic E-state index is 0.701. The molecule has 0 amide bonds. The van der Waals surface area contributed by atoms with E-state index in [0.717, 1.165) is 17.1 Å². The minimum atomic E-state index is 0.701. The van der Waals surface area contributed by atoms with Crippen molar-refractivity contribution in [2.24, 2.45) is 0 Å². The van der Waals surface area contributed by atoms with E-state index in [9.17, 15) is 0 Å². The lowest BCUT2D eigenvalue weighted by atomic mass is 10.4. The van der Waals surface area contributed by atoms with E-state index in [0.29, 0.717) is 5.65 Å². The molecule has 2 aromatic rings. The average molecular weight is 163 g/mol. The number of hydrogen-bond donors (Lipinski definition) is 1. The first kappa shape index (κ1) is 7.09. The van der Waals surface area contributed by atoms with Crippen molar-refractivity contribution in [3.8, 4) is 5.75 Å². The lowest BCUT2D eigenvalue weighted by Gasteiger charge is -1.97. The Morgan fingerprint density at radius 1 is 1.50 bits per heavy atom. The van der Waals surface area contributed by atoms with Gasteiger partial charge in [-0.1, -0.05) is 0 Å². The summed E-state index contributed by atoms with van der Waals surface area (Å²) in [5, 5.41) is 0. The number of H-pyrrole nitrogens is 1. The molecule has 2 rings (SSSR count). The number of fused-ring (bicyclic) bond motifs is 1. The number of hydrogen-bond acceptors (Lipinski definition) is 3. The van der Waals surface area contributed by atoms with Crippen LogP contribution >= 0.6 is 0 Å². The van der Waals surface area contributed by atoms with Crippen LogP contribution < -0.4 is 4.74 Å². The van der Waals surface area contributed by atoms with Crippen molar-refractivity contribution in [1.29, 1.82) is 0 Å². The summed E-state index contributed by atoms with van der Waals surface area (Å²) in [6.45, 7) is 1.89. The molecule has 0 aliphatic carbocycles. The molecule has 1 N–H and O–H groups in total. The van der Waals surface area contributed by atoms with Gasteiger partial charge in [-0.2, -0.15) is 0 Å². The summed E-state index contributed by atoms with van der Waals surface area (Å²) in [4.78, 5) is 11.3. The predicted octanol–water partition coefficient (Wildman–Crippen LogP) is 1.27. The smallest absolute Gasteiger partial charge is 0.181 e. The molecule has 4 nitrogen and oxygen atoms in total. The van der Waals surface area contributed by atoms with Gasteiger partial charge in [-0.3, -0.25) is 0 Å². The first-order chi connectivity index (χ1) is 5.81. The molecule has 0 aromatic carbocycles. The molecule has 0 unspecified atom stereocenters. The monoisotopic (exact) mass is 163 g/mol. The zero-order valence-corrected chi connectivity index (χ0v) is 6.96. The number of imidazole rings is 1.